The smallest absolute Gasteiger partial charge is 0.323 e. The highest BCUT2D eigenvalue weighted by Gasteiger charge is 2.15. The van der Waals surface area contributed by atoms with E-state index in [2.05, 4.69) is 20.5 Å². The van der Waals surface area contributed by atoms with Crippen LogP contribution in [0, 0.1) is 0 Å². The maximum atomic E-state index is 5.64. The lowest BCUT2D eigenvalue weighted by Crippen LogP contribution is -1.90. The Hall–Kier alpha value is -3.75. The molecule has 0 spiro atoms. The summed E-state index contributed by atoms with van der Waals surface area (Å²) >= 11 is 0. The number of benzene rings is 2. The van der Waals surface area contributed by atoms with Crippen LogP contribution in [-0.4, -0.2) is 36.5 Å². The van der Waals surface area contributed by atoms with E-state index in [4.69, 9.17) is 23.0 Å². The maximum absolute atomic E-state index is 5.64. The van der Waals surface area contributed by atoms with Gasteiger partial charge < -0.3 is 23.0 Å². The zero-order valence-electron chi connectivity index (χ0n) is 14.8. The predicted octanol–water partition coefficient (Wildman–Crippen LogP) is 3.65. The van der Waals surface area contributed by atoms with Crippen LogP contribution in [0.1, 0.15) is 0 Å². The molecular formula is C18H16N4O5. The third-order valence-electron chi connectivity index (χ3n) is 3.87. The first-order valence-corrected chi connectivity index (χ1v) is 7.98. The lowest BCUT2D eigenvalue weighted by atomic mass is 10.2. The number of fused-ring (bicyclic) bond motifs is 1. The minimum absolute atomic E-state index is 0.144. The van der Waals surface area contributed by atoms with Crippen molar-refractivity contribution in [2.45, 2.75) is 0 Å². The van der Waals surface area contributed by atoms with Crippen molar-refractivity contribution in [2.75, 3.05) is 26.6 Å². The molecule has 138 valence electrons. The summed E-state index contributed by atoms with van der Waals surface area (Å²) in [7, 11) is 4.70. The van der Waals surface area contributed by atoms with Gasteiger partial charge in [-0.2, -0.15) is 4.98 Å². The molecule has 2 aromatic heterocycles. The summed E-state index contributed by atoms with van der Waals surface area (Å²) in [6.07, 6.45) is 0. The Kier molecular flexibility index (Phi) is 4.25. The first-order valence-electron chi connectivity index (χ1n) is 7.98. The molecule has 0 unspecified atom stereocenters. The van der Waals surface area contributed by atoms with E-state index in [0.717, 1.165) is 0 Å². The molecule has 9 nitrogen and oxygen atoms in total. The zero-order valence-corrected chi connectivity index (χ0v) is 14.8. The van der Waals surface area contributed by atoms with Gasteiger partial charge in [0.1, 0.15) is 5.75 Å². The fraction of sp³-hybridized carbons (Fsp3) is 0.167. The minimum Gasteiger partial charge on any atom is -0.494 e. The summed E-state index contributed by atoms with van der Waals surface area (Å²) < 4.78 is 27.1. The topological polar surface area (TPSA) is 105 Å². The fourth-order valence-electron chi connectivity index (χ4n) is 2.59. The number of para-hydroxylation sites is 1. The van der Waals surface area contributed by atoms with Crippen molar-refractivity contribution in [1.29, 1.82) is 0 Å². The highest BCUT2D eigenvalue weighted by atomic mass is 16.5. The zero-order chi connectivity index (χ0) is 18.8. The van der Waals surface area contributed by atoms with Crippen LogP contribution in [0.3, 0.4) is 0 Å². The number of hydrogen-bond acceptors (Lipinski definition) is 9. The Balaban J connectivity index is 1.60. The molecule has 0 radical (unpaired) electrons. The number of methoxy groups -OCH3 is 3. The average Bonchev–Trinajstić information content (AvgIpc) is 3.33. The van der Waals surface area contributed by atoms with Gasteiger partial charge in [-0.3, -0.25) is 5.32 Å². The normalized spacial score (nSPS) is 10.8. The molecule has 9 heteroatoms. The van der Waals surface area contributed by atoms with Crippen molar-refractivity contribution in [3.63, 3.8) is 0 Å². The van der Waals surface area contributed by atoms with E-state index in [1.165, 1.54) is 0 Å². The van der Waals surface area contributed by atoms with Crippen LogP contribution >= 0.6 is 0 Å². The first kappa shape index (κ1) is 16.7. The van der Waals surface area contributed by atoms with Gasteiger partial charge >= 0.3 is 12.0 Å². The van der Waals surface area contributed by atoms with Crippen LogP contribution in [-0.2, 0) is 0 Å². The molecule has 0 fully saturated rings. The van der Waals surface area contributed by atoms with Crippen LogP contribution in [0.15, 0.2) is 45.2 Å². The number of aromatic nitrogens is 3. The maximum Gasteiger partial charge on any atom is 0.323 e. The Morgan fingerprint density at radius 3 is 2.41 bits per heavy atom. The Morgan fingerprint density at radius 1 is 0.815 bits per heavy atom. The van der Waals surface area contributed by atoms with E-state index >= 15 is 0 Å². The number of nitrogens with zero attached hydrogens (tertiary/aromatic N) is 3. The predicted molar refractivity (Wildman–Crippen MR) is 96.7 cm³/mol. The number of nitrogens with one attached hydrogen (secondary N) is 1. The minimum atomic E-state index is 0.144. The van der Waals surface area contributed by atoms with Gasteiger partial charge in [-0.05, 0) is 30.3 Å². The van der Waals surface area contributed by atoms with Crippen LogP contribution in [0.25, 0.3) is 22.6 Å². The average molecular weight is 368 g/mol. The summed E-state index contributed by atoms with van der Waals surface area (Å²) in [6, 6.07) is 11.1. The molecule has 0 atom stereocenters. The summed E-state index contributed by atoms with van der Waals surface area (Å²) in [5.74, 6) is 2.10. The largest absolute Gasteiger partial charge is 0.494 e. The molecule has 0 amide bonds. The van der Waals surface area contributed by atoms with Crippen molar-refractivity contribution in [1.82, 2.24) is 15.2 Å². The van der Waals surface area contributed by atoms with Gasteiger partial charge in [0.25, 0.3) is 0 Å². The third kappa shape index (κ3) is 3.10. The monoisotopic (exact) mass is 368 g/mol. The van der Waals surface area contributed by atoms with Crippen molar-refractivity contribution < 1.29 is 23.0 Å². The quantitative estimate of drug-likeness (QED) is 0.546. The van der Waals surface area contributed by atoms with Gasteiger partial charge in [0.15, 0.2) is 22.6 Å². The first-order chi connectivity index (χ1) is 13.2. The lowest BCUT2D eigenvalue weighted by Gasteiger charge is -2.07. The van der Waals surface area contributed by atoms with E-state index in [1.54, 1.807) is 51.7 Å². The third-order valence-corrected chi connectivity index (χ3v) is 3.87. The second-order valence-electron chi connectivity index (χ2n) is 5.43. The molecule has 0 aliphatic carbocycles. The van der Waals surface area contributed by atoms with Crippen molar-refractivity contribution in [2.24, 2.45) is 0 Å². The van der Waals surface area contributed by atoms with Gasteiger partial charge in [-0.15, -0.1) is 5.10 Å². The molecule has 0 saturated carbocycles. The van der Waals surface area contributed by atoms with Crippen LogP contribution < -0.4 is 19.5 Å². The van der Waals surface area contributed by atoms with Gasteiger partial charge in [-0.1, -0.05) is 11.2 Å². The molecule has 0 aliphatic heterocycles. The molecule has 2 heterocycles. The van der Waals surface area contributed by atoms with Crippen LogP contribution in [0.4, 0.5) is 12.0 Å². The molecule has 4 aromatic rings. The van der Waals surface area contributed by atoms with Gasteiger partial charge in [0, 0.05) is 5.56 Å². The SMILES string of the molecule is COc1ccc(-c2nnc(Nc3nc4c(OC)cccc4o3)o2)cc1OC. The molecule has 0 saturated heterocycles. The molecular weight excluding hydrogens is 352 g/mol. The number of ether oxygens (including phenoxy) is 3. The van der Waals surface area contributed by atoms with E-state index in [1.807, 2.05) is 6.07 Å². The fourth-order valence-corrected chi connectivity index (χ4v) is 2.59. The Labute approximate surface area is 153 Å². The standard InChI is InChI=1S/C18H16N4O5/c1-23-11-8-7-10(9-14(11)25-3)16-21-22-18(27-16)20-17-19-15-12(24-2)5-4-6-13(15)26-17/h4-9H,1-3H3,(H,19,20,22). The number of rotatable bonds is 6. The van der Waals surface area contributed by atoms with Gasteiger partial charge in [0.2, 0.25) is 5.89 Å². The summed E-state index contributed by atoms with van der Waals surface area (Å²) in [5.41, 5.74) is 1.87. The van der Waals surface area contributed by atoms with Crippen molar-refractivity contribution in [3.8, 4) is 28.7 Å². The van der Waals surface area contributed by atoms with E-state index in [9.17, 15) is 0 Å². The molecule has 1 N–H and O–H groups in total. The summed E-state index contributed by atoms with van der Waals surface area (Å²) in [4.78, 5) is 4.34. The highest BCUT2D eigenvalue weighted by molar-refractivity contribution is 5.81. The van der Waals surface area contributed by atoms with E-state index < -0.39 is 0 Å². The Morgan fingerprint density at radius 2 is 1.63 bits per heavy atom. The molecule has 4 rings (SSSR count). The Bertz CT molecular complexity index is 1090. The van der Waals surface area contributed by atoms with E-state index in [0.29, 0.717) is 39.8 Å². The lowest BCUT2D eigenvalue weighted by molar-refractivity contribution is 0.355. The van der Waals surface area contributed by atoms with Crippen LogP contribution in [0.5, 0.6) is 17.2 Å². The molecule has 27 heavy (non-hydrogen) atoms. The summed E-state index contributed by atoms with van der Waals surface area (Å²) in [6.45, 7) is 0. The van der Waals surface area contributed by atoms with Crippen LogP contribution in [0.2, 0.25) is 0 Å². The molecule has 0 aliphatic rings. The second-order valence-corrected chi connectivity index (χ2v) is 5.43. The molecule has 0 bridgehead atoms. The number of hydrogen-bond donors (Lipinski definition) is 1. The molecule has 2 aromatic carbocycles. The highest BCUT2D eigenvalue weighted by Crippen LogP contribution is 2.33. The second kappa shape index (κ2) is 6.87. The van der Waals surface area contributed by atoms with E-state index in [-0.39, 0.29) is 12.0 Å². The van der Waals surface area contributed by atoms with Crippen molar-refractivity contribution in [3.05, 3.63) is 36.4 Å². The van der Waals surface area contributed by atoms with Crippen molar-refractivity contribution >= 4 is 23.1 Å². The van der Waals surface area contributed by atoms with Gasteiger partial charge in [-0.25, -0.2) is 0 Å². The van der Waals surface area contributed by atoms with Gasteiger partial charge in [0.05, 0.1) is 21.3 Å². The number of anilines is 2. The summed E-state index contributed by atoms with van der Waals surface area (Å²) in [5, 5.41) is 10.9. The number of oxazole rings is 1.